The van der Waals surface area contributed by atoms with Crippen molar-refractivity contribution >= 4 is 23.7 Å². The highest BCUT2D eigenvalue weighted by Gasteiger charge is 2.33. The van der Waals surface area contributed by atoms with Crippen LogP contribution in [0.3, 0.4) is 0 Å². The molecule has 0 aromatic heterocycles. The number of carbonyl (C=O) groups is 4. The predicted octanol–water partition coefficient (Wildman–Crippen LogP) is 1.37. The van der Waals surface area contributed by atoms with Gasteiger partial charge >= 0.3 is 5.97 Å². The zero-order chi connectivity index (χ0) is 18.2. The number of fused-ring (bicyclic) bond motifs is 1. The van der Waals surface area contributed by atoms with Gasteiger partial charge in [0, 0.05) is 12.6 Å². The second-order valence-electron chi connectivity index (χ2n) is 6.72. The normalized spacial score (nSPS) is 15.1. The van der Waals surface area contributed by atoms with Crippen LogP contribution < -0.4 is 5.32 Å². The van der Waals surface area contributed by atoms with Crippen LogP contribution in [0.5, 0.6) is 0 Å². The summed E-state index contributed by atoms with van der Waals surface area (Å²) < 4.78 is 5.13. The maximum atomic E-state index is 12.2. The third-order valence-corrected chi connectivity index (χ3v) is 3.48. The lowest BCUT2D eigenvalue weighted by Crippen LogP contribution is -2.46. The topological polar surface area (TPSA) is 92.8 Å². The predicted molar refractivity (Wildman–Crippen MR) is 85.6 cm³/mol. The number of nitrogens with zero attached hydrogens (tertiary/aromatic N) is 1. The summed E-state index contributed by atoms with van der Waals surface area (Å²) in [6.07, 6.45) is -0.981. The van der Waals surface area contributed by atoms with Gasteiger partial charge in [-0.2, -0.15) is 0 Å². The quantitative estimate of drug-likeness (QED) is 0.667. The Morgan fingerprint density at radius 2 is 1.71 bits per heavy atom. The summed E-state index contributed by atoms with van der Waals surface area (Å²) in [6.45, 7) is 6.92. The molecular weight excluding hydrogens is 312 g/mol. The highest BCUT2D eigenvalue weighted by Crippen LogP contribution is 2.23. The van der Waals surface area contributed by atoms with E-state index in [1.54, 1.807) is 0 Å². The lowest BCUT2D eigenvalue weighted by molar-refractivity contribution is -0.130. The molecule has 1 unspecified atom stereocenters. The van der Waals surface area contributed by atoms with Gasteiger partial charge in [0.05, 0.1) is 16.7 Å². The second kappa shape index (κ2) is 6.07. The maximum absolute atomic E-state index is 12.2. The van der Waals surface area contributed by atoms with Crippen LogP contribution >= 0.6 is 0 Å². The smallest absolute Gasteiger partial charge is 0.338 e. The first-order valence-corrected chi connectivity index (χ1v) is 7.50. The van der Waals surface area contributed by atoms with E-state index in [1.807, 2.05) is 20.8 Å². The Balaban J connectivity index is 2.13. The summed E-state index contributed by atoms with van der Waals surface area (Å²) in [4.78, 5) is 48.9. The molecular formula is C17H20N2O5. The largest absolute Gasteiger partial charge is 0.449 e. The van der Waals surface area contributed by atoms with E-state index in [0.717, 1.165) is 4.90 Å². The molecule has 0 radical (unpaired) electrons. The number of amides is 3. The lowest BCUT2D eigenvalue weighted by atomic mass is 10.1. The molecule has 1 N–H and O–H groups in total. The molecule has 1 heterocycles. The minimum absolute atomic E-state index is 0.112. The van der Waals surface area contributed by atoms with E-state index in [1.165, 1.54) is 32.2 Å². The number of hydrogen-bond acceptors (Lipinski definition) is 5. The molecule has 7 heteroatoms. The van der Waals surface area contributed by atoms with Crippen LogP contribution in [0.25, 0.3) is 0 Å². The molecule has 128 valence electrons. The van der Waals surface area contributed by atoms with Crippen molar-refractivity contribution in [3.05, 3.63) is 34.9 Å². The van der Waals surface area contributed by atoms with E-state index < -0.39 is 35.3 Å². The molecule has 1 aliphatic rings. The number of esters is 1. The highest BCUT2D eigenvalue weighted by molar-refractivity contribution is 6.21. The molecule has 0 aliphatic carbocycles. The van der Waals surface area contributed by atoms with Crippen LogP contribution in [0.1, 0.15) is 58.8 Å². The summed E-state index contributed by atoms with van der Waals surface area (Å²) in [5.74, 6) is -2.02. The van der Waals surface area contributed by atoms with Crippen LogP contribution in [-0.2, 0) is 9.53 Å². The molecule has 0 saturated heterocycles. The van der Waals surface area contributed by atoms with Gasteiger partial charge in [-0.1, -0.05) is 0 Å². The van der Waals surface area contributed by atoms with E-state index in [4.69, 9.17) is 4.74 Å². The molecule has 1 aromatic rings. The lowest BCUT2D eigenvalue weighted by Gasteiger charge is -2.23. The van der Waals surface area contributed by atoms with Crippen molar-refractivity contribution in [3.8, 4) is 0 Å². The number of nitrogens with one attached hydrogen (secondary N) is 1. The molecule has 24 heavy (non-hydrogen) atoms. The molecule has 0 saturated carbocycles. The molecule has 2 rings (SSSR count). The standard InChI is InChI=1S/C17H20N2O5/c1-9(13(20)18-17(2,3)4)24-16(23)10-6-7-11-12(8-10)15(22)19(5)14(11)21/h6-9H,1-5H3,(H,18,20). The summed E-state index contributed by atoms with van der Waals surface area (Å²) >= 11 is 0. The summed E-state index contributed by atoms with van der Waals surface area (Å²) in [6, 6.07) is 4.13. The van der Waals surface area contributed by atoms with Crippen LogP contribution in [-0.4, -0.2) is 47.3 Å². The maximum Gasteiger partial charge on any atom is 0.338 e. The minimum atomic E-state index is -0.981. The zero-order valence-corrected chi connectivity index (χ0v) is 14.3. The van der Waals surface area contributed by atoms with Crippen LogP contribution in [0.2, 0.25) is 0 Å². The van der Waals surface area contributed by atoms with Gasteiger partial charge in [0.2, 0.25) is 0 Å². The van der Waals surface area contributed by atoms with Gasteiger partial charge in [0.25, 0.3) is 17.7 Å². The van der Waals surface area contributed by atoms with Gasteiger partial charge in [0.15, 0.2) is 6.10 Å². The van der Waals surface area contributed by atoms with Crippen molar-refractivity contribution < 1.29 is 23.9 Å². The van der Waals surface area contributed by atoms with Gasteiger partial charge in [-0.05, 0) is 45.9 Å². The first-order valence-electron chi connectivity index (χ1n) is 7.50. The molecule has 1 aromatic carbocycles. The van der Waals surface area contributed by atoms with E-state index in [9.17, 15) is 19.2 Å². The van der Waals surface area contributed by atoms with E-state index >= 15 is 0 Å². The van der Waals surface area contributed by atoms with Gasteiger partial charge in [-0.15, -0.1) is 0 Å². The number of benzene rings is 1. The molecule has 7 nitrogen and oxygen atoms in total. The van der Waals surface area contributed by atoms with Crippen LogP contribution in [0.15, 0.2) is 18.2 Å². The van der Waals surface area contributed by atoms with Crippen molar-refractivity contribution in [1.29, 1.82) is 0 Å². The van der Waals surface area contributed by atoms with Gasteiger partial charge in [-0.25, -0.2) is 4.79 Å². The monoisotopic (exact) mass is 332 g/mol. The number of ether oxygens (including phenoxy) is 1. The van der Waals surface area contributed by atoms with Gasteiger partial charge < -0.3 is 10.1 Å². The van der Waals surface area contributed by atoms with E-state index in [0.29, 0.717) is 0 Å². The number of carbonyl (C=O) groups excluding carboxylic acids is 4. The Bertz CT molecular complexity index is 733. The number of imide groups is 1. The van der Waals surface area contributed by atoms with E-state index in [2.05, 4.69) is 5.32 Å². The minimum Gasteiger partial charge on any atom is -0.449 e. The van der Waals surface area contributed by atoms with Crippen molar-refractivity contribution in [1.82, 2.24) is 10.2 Å². The summed E-state index contributed by atoms with van der Waals surface area (Å²) in [7, 11) is 1.38. The Morgan fingerprint density at radius 1 is 1.12 bits per heavy atom. The second-order valence-corrected chi connectivity index (χ2v) is 6.72. The number of hydrogen-bond donors (Lipinski definition) is 1. The fourth-order valence-electron chi connectivity index (χ4n) is 2.24. The first-order chi connectivity index (χ1) is 11.0. The Hall–Kier alpha value is -2.70. The highest BCUT2D eigenvalue weighted by atomic mass is 16.5. The van der Waals surface area contributed by atoms with Crippen LogP contribution in [0, 0.1) is 0 Å². The fourth-order valence-corrected chi connectivity index (χ4v) is 2.24. The Morgan fingerprint density at radius 3 is 2.29 bits per heavy atom. The van der Waals surface area contributed by atoms with Gasteiger partial charge in [0.1, 0.15) is 0 Å². The van der Waals surface area contributed by atoms with Crippen molar-refractivity contribution in [2.24, 2.45) is 0 Å². The molecule has 0 bridgehead atoms. The number of rotatable bonds is 3. The molecule has 1 aliphatic heterocycles. The first kappa shape index (κ1) is 17.7. The fraction of sp³-hybridized carbons (Fsp3) is 0.412. The Labute approximate surface area is 140 Å². The molecule has 1 atom stereocenters. The van der Waals surface area contributed by atoms with Gasteiger partial charge in [-0.3, -0.25) is 19.3 Å². The van der Waals surface area contributed by atoms with Crippen molar-refractivity contribution in [2.45, 2.75) is 39.3 Å². The molecule has 0 spiro atoms. The SMILES string of the molecule is CC(OC(=O)c1ccc2c(c1)C(=O)N(C)C2=O)C(=O)NC(C)(C)C. The van der Waals surface area contributed by atoms with Crippen molar-refractivity contribution in [3.63, 3.8) is 0 Å². The van der Waals surface area contributed by atoms with E-state index in [-0.39, 0.29) is 16.7 Å². The molecule has 0 fully saturated rings. The zero-order valence-electron chi connectivity index (χ0n) is 14.3. The summed E-state index contributed by atoms with van der Waals surface area (Å²) in [5.41, 5.74) is 0.0739. The average Bonchev–Trinajstić information content (AvgIpc) is 2.70. The third kappa shape index (κ3) is 3.45. The van der Waals surface area contributed by atoms with Crippen molar-refractivity contribution in [2.75, 3.05) is 7.05 Å². The average molecular weight is 332 g/mol. The van der Waals surface area contributed by atoms with Crippen LogP contribution in [0.4, 0.5) is 0 Å². The molecule has 3 amide bonds. The summed E-state index contributed by atoms with van der Waals surface area (Å²) in [5, 5.41) is 2.71. The third-order valence-electron chi connectivity index (χ3n) is 3.48. The Kier molecular flexibility index (Phi) is 4.46.